The van der Waals surface area contributed by atoms with E-state index in [2.05, 4.69) is 48.5 Å². The molecular formula is C88H188N4O8. The van der Waals surface area contributed by atoms with Gasteiger partial charge in [-0.25, -0.2) is 0 Å². The lowest BCUT2D eigenvalue weighted by Crippen LogP contribution is -2.58. The van der Waals surface area contributed by atoms with Crippen LogP contribution in [0.4, 0.5) is 0 Å². The van der Waals surface area contributed by atoms with E-state index >= 15 is 0 Å². The Bertz CT molecular complexity index is 1270. The molecule has 608 valence electrons. The molecule has 0 aromatic rings. The van der Waals surface area contributed by atoms with Crippen LogP contribution in [-0.2, 0) is 0 Å². The predicted octanol–water partition coefficient (Wildman–Crippen LogP) is 22.3. The predicted molar refractivity (Wildman–Crippen MR) is 441 cm³/mol. The topological polar surface area (TPSA) is 201 Å². The van der Waals surface area contributed by atoms with E-state index in [9.17, 15) is 10.2 Å². The van der Waals surface area contributed by atoms with E-state index in [0.29, 0.717) is 39.3 Å². The van der Waals surface area contributed by atoms with Crippen molar-refractivity contribution >= 4 is 0 Å². The van der Waals surface area contributed by atoms with Crippen molar-refractivity contribution in [3.05, 3.63) is 0 Å². The second-order valence-corrected chi connectivity index (χ2v) is 30.4. The highest BCUT2D eigenvalue weighted by atomic mass is 16.3. The fourth-order valence-corrected chi connectivity index (χ4v) is 14.5. The monoisotopic (exact) mass is 1430 g/mol. The summed E-state index contributed by atoms with van der Waals surface area (Å²) in [6.07, 6.45) is 92.3. The van der Waals surface area contributed by atoms with Crippen molar-refractivity contribution in [2.75, 3.05) is 98.6 Å². The summed E-state index contributed by atoms with van der Waals surface area (Å²) < 4.78 is 0. The number of β-amino-alcohol motifs (C(OH)–C–C–N with tert-alkyl or cyclic N) is 1. The minimum absolute atomic E-state index is 0.139. The van der Waals surface area contributed by atoms with Crippen LogP contribution in [0.25, 0.3) is 0 Å². The first kappa shape index (κ1) is 106. The molecule has 0 heterocycles. The first-order valence-corrected chi connectivity index (χ1v) is 45.2. The molecule has 0 saturated heterocycles. The quantitative estimate of drug-likeness (QED) is 0.0258. The van der Waals surface area contributed by atoms with Crippen LogP contribution in [0.15, 0.2) is 0 Å². The molecular weight excluding hydrogens is 1240 g/mol. The van der Waals surface area contributed by atoms with Crippen LogP contribution in [0.1, 0.15) is 458 Å². The highest BCUT2D eigenvalue weighted by Gasteiger charge is 2.41. The van der Waals surface area contributed by atoms with Gasteiger partial charge >= 0.3 is 0 Å². The largest absolute Gasteiger partial charge is 0.395 e. The standard InChI is InChI=1S/C76H155NO2.3C4H11NO2/c1-5-9-13-17-21-25-29-33-37-41-45-49-53-57-61-65-69-75(79)76(70-66-62-58-54-50-46-42-38-34-30-26-22-18-14-10-6-2,71-67-63-59-55-51-47-43-39-35-31-27-23-19-15-11-7-3)77(73-74-78)72-68-64-60-56-52-48-44-40-36-32-28-24-20-16-12-8-4;3*6-3-1-5-2-4-7/h75,78-79H,5-74H2,1-4H3;3*5-7H,1-4H2. The van der Waals surface area contributed by atoms with Gasteiger partial charge in [0.2, 0.25) is 0 Å². The number of aliphatic hydroxyl groups is 8. The maximum absolute atomic E-state index is 12.7. The van der Waals surface area contributed by atoms with E-state index < -0.39 is 0 Å². The summed E-state index contributed by atoms with van der Waals surface area (Å²) in [5.74, 6) is 0. The molecule has 0 spiro atoms. The highest BCUT2D eigenvalue weighted by molar-refractivity contribution is 4.97. The molecule has 0 bridgehead atoms. The van der Waals surface area contributed by atoms with E-state index in [0.717, 1.165) is 38.8 Å². The van der Waals surface area contributed by atoms with Gasteiger partial charge in [0.05, 0.1) is 52.4 Å². The van der Waals surface area contributed by atoms with Crippen LogP contribution in [-0.4, -0.2) is 156 Å². The Morgan fingerprint density at radius 3 is 0.560 bits per heavy atom. The Labute approximate surface area is 626 Å². The van der Waals surface area contributed by atoms with Gasteiger partial charge in [0, 0.05) is 51.4 Å². The number of hydrogen-bond acceptors (Lipinski definition) is 12. The van der Waals surface area contributed by atoms with Crippen molar-refractivity contribution in [1.82, 2.24) is 20.9 Å². The third kappa shape index (κ3) is 89.9. The molecule has 0 aromatic heterocycles. The number of nitrogens with zero attached hydrogens (tertiary/aromatic N) is 1. The molecule has 0 aliphatic heterocycles. The lowest BCUT2D eigenvalue weighted by molar-refractivity contribution is -0.0583. The molecule has 0 amide bonds. The van der Waals surface area contributed by atoms with Crippen LogP contribution in [0, 0.1) is 0 Å². The van der Waals surface area contributed by atoms with Crippen molar-refractivity contribution in [1.29, 1.82) is 0 Å². The molecule has 0 radical (unpaired) electrons. The van der Waals surface area contributed by atoms with Gasteiger partial charge in [0.1, 0.15) is 0 Å². The Kier molecular flexibility index (Phi) is 106. The normalized spacial score (nSPS) is 11.8. The lowest BCUT2D eigenvalue weighted by Gasteiger charge is -2.48. The van der Waals surface area contributed by atoms with Crippen molar-refractivity contribution in [2.24, 2.45) is 0 Å². The molecule has 12 nitrogen and oxygen atoms in total. The van der Waals surface area contributed by atoms with Gasteiger partial charge < -0.3 is 56.8 Å². The summed E-state index contributed by atoms with van der Waals surface area (Å²) in [6.45, 7) is 15.5. The van der Waals surface area contributed by atoms with Crippen molar-refractivity contribution in [3.63, 3.8) is 0 Å². The van der Waals surface area contributed by atoms with Gasteiger partial charge in [-0.05, 0) is 32.2 Å². The highest BCUT2D eigenvalue weighted by Crippen LogP contribution is 2.36. The average Bonchev–Trinajstić information content (AvgIpc) is 0.805. The van der Waals surface area contributed by atoms with E-state index in [-0.39, 0.29) is 57.9 Å². The zero-order chi connectivity index (χ0) is 73.8. The third-order valence-electron chi connectivity index (χ3n) is 20.9. The Balaban J connectivity index is -0.00000188. The SMILES string of the molecule is CCCCCCCCCCCCCCCCCCC(O)C(CCCCCCCCCCCCCCCCCC)(CCCCCCCCCCCCCCCCCC)N(CCO)CCCCCCCCCCCCCCCCCC.OCCNCCO.OCCNCCO.OCCNCCO. The first-order chi connectivity index (χ1) is 49.4. The zero-order valence-corrected chi connectivity index (χ0v) is 68.6. The summed E-state index contributed by atoms with van der Waals surface area (Å²) in [7, 11) is 0. The van der Waals surface area contributed by atoms with E-state index in [1.165, 1.54) is 405 Å². The maximum atomic E-state index is 12.7. The number of unbranched alkanes of at least 4 members (excludes halogenated alkanes) is 60. The number of rotatable bonds is 84. The number of hydrogen-bond donors (Lipinski definition) is 11. The first-order valence-electron chi connectivity index (χ1n) is 45.2. The molecule has 0 saturated carbocycles. The lowest BCUT2D eigenvalue weighted by atomic mass is 9.77. The van der Waals surface area contributed by atoms with Crippen LogP contribution < -0.4 is 16.0 Å². The molecule has 12 heteroatoms. The molecule has 11 N–H and O–H groups in total. The van der Waals surface area contributed by atoms with Gasteiger partial charge in [0.25, 0.3) is 0 Å². The smallest absolute Gasteiger partial charge is 0.0723 e. The van der Waals surface area contributed by atoms with Crippen molar-refractivity contribution in [2.45, 2.75) is 470 Å². The molecule has 0 fully saturated rings. The van der Waals surface area contributed by atoms with E-state index in [4.69, 9.17) is 30.6 Å². The van der Waals surface area contributed by atoms with Gasteiger partial charge in [0.15, 0.2) is 0 Å². The summed E-state index contributed by atoms with van der Waals surface area (Å²) >= 11 is 0. The summed E-state index contributed by atoms with van der Waals surface area (Å²) in [4.78, 5) is 2.70. The molecule has 0 rings (SSSR count). The Hall–Kier alpha value is -0.480. The molecule has 100 heavy (non-hydrogen) atoms. The summed E-state index contributed by atoms with van der Waals surface area (Å²) in [5.41, 5.74) is -0.195. The van der Waals surface area contributed by atoms with Gasteiger partial charge in [-0.2, -0.15) is 0 Å². The zero-order valence-electron chi connectivity index (χ0n) is 68.6. The van der Waals surface area contributed by atoms with Gasteiger partial charge in [-0.3, -0.25) is 4.90 Å². The van der Waals surface area contributed by atoms with Gasteiger partial charge in [-0.15, -0.1) is 0 Å². The van der Waals surface area contributed by atoms with Crippen LogP contribution in [0.3, 0.4) is 0 Å². The second-order valence-electron chi connectivity index (χ2n) is 30.4. The second kappa shape index (κ2) is 101. The number of aliphatic hydroxyl groups excluding tert-OH is 8. The summed E-state index contributed by atoms with van der Waals surface area (Å²) in [6, 6.07) is 0. The minimum Gasteiger partial charge on any atom is -0.395 e. The van der Waals surface area contributed by atoms with Crippen LogP contribution in [0.2, 0.25) is 0 Å². The van der Waals surface area contributed by atoms with Crippen molar-refractivity contribution in [3.8, 4) is 0 Å². The fraction of sp³-hybridized carbons (Fsp3) is 1.00. The molecule has 1 unspecified atom stereocenters. The van der Waals surface area contributed by atoms with E-state index in [1.807, 2.05) is 0 Å². The molecule has 0 aliphatic carbocycles. The third-order valence-corrected chi connectivity index (χ3v) is 20.9. The molecule has 0 aliphatic rings. The molecule has 1 atom stereocenters. The number of nitrogens with one attached hydrogen (secondary N) is 3. The maximum Gasteiger partial charge on any atom is 0.0723 e. The minimum atomic E-state index is -0.292. The van der Waals surface area contributed by atoms with E-state index in [1.54, 1.807) is 0 Å². The average molecular weight is 1430 g/mol. The van der Waals surface area contributed by atoms with Crippen LogP contribution >= 0.6 is 0 Å². The fourth-order valence-electron chi connectivity index (χ4n) is 14.5. The van der Waals surface area contributed by atoms with Crippen LogP contribution in [0.5, 0.6) is 0 Å². The Morgan fingerprint density at radius 2 is 0.380 bits per heavy atom. The molecule has 0 aromatic carbocycles. The Morgan fingerprint density at radius 1 is 0.210 bits per heavy atom. The van der Waals surface area contributed by atoms with Gasteiger partial charge in [-0.1, -0.05) is 432 Å². The van der Waals surface area contributed by atoms with Crippen molar-refractivity contribution < 1.29 is 40.9 Å². The summed E-state index contributed by atoms with van der Waals surface area (Å²) in [5, 5.41) is 80.7.